The normalized spacial score (nSPS) is 13.9. The maximum Gasteiger partial charge on any atom is 0.303 e. The Morgan fingerprint density at radius 1 is 1.30 bits per heavy atom. The van der Waals surface area contributed by atoms with Gasteiger partial charge < -0.3 is 15.2 Å². The number of carboxylic acid groups (broad SMARTS) is 1. The molecule has 2 N–H and O–H groups in total. The van der Waals surface area contributed by atoms with Crippen molar-refractivity contribution >= 4 is 11.9 Å². The van der Waals surface area contributed by atoms with Crippen LogP contribution in [0, 0.1) is 0 Å². The van der Waals surface area contributed by atoms with Crippen LogP contribution in [0.5, 0.6) is 0 Å². The van der Waals surface area contributed by atoms with Gasteiger partial charge in [-0.15, -0.1) is 0 Å². The summed E-state index contributed by atoms with van der Waals surface area (Å²) < 4.78 is 5.32. The molecule has 1 heterocycles. The summed E-state index contributed by atoms with van der Waals surface area (Å²) in [6.45, 7) is 4.79. The van der Waals surface area contributed by atoms with Gasteiger partial charge in [-0.2, -0.15) is 0 Å². The zero-order chi connectivity index (χ0) is 14.8. The van der Waals surface area contributed by atoms with E-state index in [1.165, 1.54) is 0 Å². The van der Waals surface area contributed by atoms with Crippen molar-refractivity contribution in [3.63, 3.8) is 0 Å². The van der Waals surface area contributed by atoms with E-state index in [1.54, 1.807) is 6.07 Å². The predicted molar refractivity (Wildman–Crippen MR) is 73.4 cm³/mol. The minimum atomic E-state index is -0.859. The molecule has 108 valence electrons. The van der Waals surface area contributed by atoms with E-state index in [0.29, 0.717) is 25.2 Å². The molecule has 5 heteroatoms. The van der Waals surface area contributed by atoms with Crippen LogP contribution in [0.2, 0.25) is 0 Å². The van der Waals surface area contributed by atoms with Crippen molar-refractivity contribution in [1.29, 1.82) is 0 Å². The molecule has 5 nitrogen and oxygen atoms in total. The molecular formula is C15H19NO4. The summed E-state index contributed by atoms with van der Waals surface area (Å²) in [5.41, 5.74) is 2.19. The lowest BCUT2D eigenvalue weighted by atomic mass is 9.97. The molecule has 2 rings (SSSR count). The van der Waals surface area contributed by atoms with Crippen LogP contribution >= 0.6 is 0 Å². The number of benzene rings is 1. The van der Waals surface area contributed by atoms with Crippen LogP contribution in [-0.2, 0) is 22.7 Å². The van der Waals surface area contributed by atoms with Crippen LogP contribution in [0.4, 0.5) is 0 Å². The minimum Gasteiger partial charge on any atom is -0.481 e. The van der Waals surface area contributed by atoms with Gasteiger partial charge in [0.15, 0.2) is 0 Å². The fourth-order valence-electron chi connectivity index (χ4n) is 2.17. The maximum absolute atomic E-state index is 12.2. The number of amides is 1. The molecule has 0 saturated heterocycles. The van der Waals surface area contributed by atoms with Crippen LogP contribution in [0.15, 0.2) is 18.2 Å². The number of rotatable bonds is 5. The third-order valence-corrected chi connectivity index (χ3v) is 3.40. The topological polar surface area (TPSA) is 75.6 Å². The van der Waals surface area contributed by atoms with E-state index in [0.717, 1.165) is 11.1 Å². The highest BCUT2D eigenvalue weighted by Crippen LogP contribution is 2.21. The SMILES string of the molecule is CC(C)(CCC(=O)O)NC(=O)c1ccc2c(c1)COC2. The number of nitrogens with one attached hydrogen (secondary N) is 1. The third-order valence-electron chi connectivity index (χ3n) is 3.40. The van der Waals surface area contributed by atoms with Gasteiger partial charge in [-0.3, -0.25) is 9.59 Å². The highest BCUT2D eigenvalue weighted by Gasteiger charge is 2.23. The molecular weight excluding hydrogens is 258 g/mol. The Labute approximate surface area is 117 Å². The lowest BCUT2D eigenvalue weighted by Gasteiger charge is -2.25. The molecule has 1 aliphatic heterocycles. The Bertz CT molecular complexity index is 537. The van der Waals surface area contributed by atoms with Crippen molar-refractivity contribution in [2.24, 2.45) is 0 Å². The summed E-state index contributed by atoms with van der Waals surface area (Å²) in [7, 11) is 0. The summed E-state index contributed by atoms with van der Waals surface area (Å²) >= 11 is 0. The number of ether oxygens (including phenoxy) is 1. The van der Waals surface area contributed by atoms with E-state index in [9.17, 15) is 9.59 Å². The van der Waals surface area contributed by atoms with Crippen molar-refractivity contribution in [3.05, 3.63) is 34.9 Å². The number of fused-ring (bicyclic) bond motifs is 1. The number of hydrogen-bond donors (Lipinski definition) is 2. The van der Waals surface area contributed by atoms with E-state index >= 15 is 0 Å². The van der Waals surface area contributed by atoms with Crippen molar-refractivity contribution < 1.29 is 19.4 Å². The maximum atomic E-state index is 12.2. The highest BCUT2D eigenvalue weighted by atomic mass is 16.5. The Morgan fingerprint density at radius 3 is 2.70 bits per heavy atom. The van der Waals surface area contributed by atoms with Crippen LogP contribution < -0.4 is 5.32 Å². The molecule has 1 aromatic rings. The Balaban J connectivity index is 2.02. The second-order valence-electron chi connectivity index (χ2n) is 5.71. The number of carbonyl (C=O) groups is 2. The zero-order valence-corrected chi connectivity index (χ0v) is 11.7. The summed E-state index contributed by atoms with van der Waals surface area (Å²) in [5, 5.41) is 11.6. The molecule has 0 bridgehead atoms. The summed E-state index contributed by atoms with van der Waals surface area (Å²) in [6, 6.07) is 5.52. The molecule has 0 fully saturated rings. The standard InChI is InChI=1S/C15H19NO4/c1-15(2,6-5-13(17)18)16-14(19)10-3-4-11-8-20-9-12(11)7-10/h3-4,7H,5-6,8-9H2,1-2H3,(H,16,19)(H,17,18). The summed E-state index contributed by atoms with van der Waals surface area (Å²) in [6.07, 6.45) is 0.424. The Kier molecular flexibility index (Phi) is 4.09. The van der Waals surface area contributed by atoms with E-state index in [1.807, 2.05) is 26.0 Å². The van der Waals surface area contributed by atoms with Gasteiger partial charge in [-0.1, -0.05) is 6.07 Å². The van der Waals surface area contributed by atoms with Crippen LogP contribution in [-0.4, -0.2) is 22.5 Å². The average molecular weight is 277 g/mol. The smallest absolute Gasteiger partial charge is 0.303 e. The number of carbonyl (C=O) groups excluding carboxylic acids is 1. The molecule has 0 saturated carbocycles. The molecule has 1 aliphatic rings. The third kappa shape index (κ3) is 3.57. The lowest BCUT2D eigenvalue weighted by molar-refractivity contribution is -0.137. The fourth-order valence-corrected chi connectivity index (χ4v) is 2.17. The lowest BCUT2D eigenvalue weighted by Crippen LogP contribution is -2.43. The van der Waals surface area contributed by atoms with Gasteiger partial charge >= 0.3 is 5.97 Å². The zero-order valence-electron chi connectivity index (χ0n) is 11.7. The first-order valence-electron chi connectivity index (χ1n) is 6.61. The van der Waals surface area contributed by atoms with E-state index in [4.69, 9.17) is 9.84 Å². The van der Waals surface area contributed by atoms with Crippen LogP contribution in [0.3, 0.4) is 0 Å². The van der Waals surface area contributed by atoms with Gasteiger partial charge in [-0.25, -0.2) is 0 Å². The highest BCUT2D eigenvalue weighted by molar-refractivity contribution is 5.95. The van der Waals surface area contributed by atoms with Gasteiger partial charge in [0, 0.05) is 17.5 Å². The van der Waals surface area contributed by atoms with Crippen molar-refractivity contribution in [1.82, 2.24) is 5.32 Å². The minimum absolute atomic E-state index is 0.0330. The first-order chi connectivity index (χ1) is 9.37. The Hall–Kier alpha value is -1.88. The van der Waals surface area contributed by atoms with E-state index in [-0.39, 0.29) is 12.3 Å². The van der Waals surface area contributed by atoms with Gasteiger partial charge in [-0.05, 0) is 43.5 Å². The Morgan fingerprint density at radius 2 is 2.00 bits per heavy atom. The second-order valence-corrected chi connectivity index (χ2v) is 5.71. The predicted octanol–water partition coefficient (Wildman–Crippen LogP) is 2.09. The molecule has 0 atom stereocenters. The van der Waals surface area contributed by atoms with Gasteiger partial charge in [0.1, 0.15) is 0 Å². The number of carboxylic acids is 1. The largest absolute Gasteiger partial charge is 0.481 e. The fraction of sp³-hybridized carbons (Fsp3) is 0.467. The van der Waals surface area contributed by atoms with Gasteiger partial charge in [0.05, 0.1) is 13.2 Å². The summed E-state index contributed by atoms with van der Waals surface area (Å²) in [5.74, 6) is -1.04. The molecule has 0 aliphatic carbocycles. The molecule has 0 radical (unpaired) electrons. The van der Waals surface area contributed by atoms with Crippen LogP contribution in [0.1, 0.15) is 48.2 Å². The van der Waals surface area contributed by atoms with Crippen molar-refractivity contribution in [2.45, 2.75) is 45.4 Å². The quantitative estimate of drug-likeness (QED) is 0.864. The molecule has 0 aromatic heterocycles. The van der Waals surface area contributed by atoms with Crippen molar-refractivity contribution in [3.8, 4) is 0 Å². The first-order valence-corrected chi connectivity index (χ1v) is 6.61. The molecule has 20 heavy (non-hydrogen) atoms. The molecule has 0 unspecified atom stereocenters. The number of aliphatic carboxylic acids is 1. The first kappa shape index (κ1) is 14.5. The average Bonchev–Trinajstić information content (AvgIpc) is 2.83. The van der Waals surface area contributed by atoms with Crippen LogP contribution in [0.25, 0.3) is 0 Å². The molecule has 0 spiro atoms. The second kappa shape index (κ2) is 5.63. The van der Waals surface area contributed by atoms with Gasteiger partial charge in [0.25, 0.3) is 5.91 Å². The molecule has 1 amide bonds. The van der Waals surface area contributed by atoms with Crippen molar-refractivity contribution in [2.75, 3.05) is 0 Å². The van der Waals surface area contributed by atoms with E-state index < -0.39 is 11.5 Å². The number of hydrogen-bond acceptors (Lipinski definition) is 3. The van der Waals surface area contributed by atoms with E-state index in [2.05, 4.69) is 5.32 Å². The summed E-state index contributed by atoms with van der Waals surface area (Å²) in [4.78, 5) is 22.8. The monoisotopic (exact) mass is 277 g/mol. The van der Waals surface area contributed by atoms with Gasteiger partial charge in [0.2, 0.25) is 0 Å². The molecule has 1 aromatic carbocycles.